The summed E-state index contributed by atoms with van der Waals surface area (Å²) in [6.07, 6.45) is 0. The van der Waals surface area contributed by atoms with Gasteiger partial charge in [-0.15, -0.1) is 0 Å². The van der Waals surface area contributed by atoms with Gasteiger partial charge in [0.25, 0.3) is 5.69 Å². The summed E-state index contributed by atoms with van der Waals surface area (Å²) in [4.78, 5) is 23.5. The number of hydrogen-bond acceptors (Lipinski definition) is 4. The summed E-state index contributed by atoms with van der Waals surface area (Å²) >= 11 is 3.29. The van der Waals surface area contributed by atoms with Crippen LogP contribution in [-0.4, -0.2) is 29.1 Å². The Morgan fingerprint density at radius 2 is 2.21 bits per heavy atom. The summed E-state index contributed by atoms with van der Waals surface area (Å²) in [7, 11) is 0. The molecule has 102 valence electrons. The molecule has 1 saturated heterocycles. The van der Waals surface area contributed by atoms with Crippen molar-refractivity contribution in [3.05, 3.63) is 32.8 Å². The van der Waals surface area contributed by atoms with Gasteiger partial charge in [-0.1, -0.05) is 22.9 Å². The quantitative estimate of drug-likeness (QED) is 0.680. The van der Waals surface area contributed by atoms with Gasteiger partial charge in [0, 0.05) is 23.6 Å². The molecule has 19 heavy (non-hydrogen) atoms. The second-order valence-corrected chi connectivity index (χ2v) is 5.63. The fourth-order valence-corrected chi connectivity index (χ4v) is 2.74. The normalized spacial score (nSPS) is 22.5. The van der Waals surface area contributed by atoms with Crippen LogP contribution in [0.4, 0.5) is 11.4 Å². The highest BCUT2D eigenvalue weighted by Gasteiger charge is 2.36. The van der Waals surface area contributed by atoms with E-state index < -0.39 is 16.8 Å². The van der Waals surface area contributed by atoms with E-state index >= 15 is 0 Å². The van der Waals surface area contributed by atoms with Crippen LogP contribution in [0.25, 0.3) is 0 Å². The van der Waals surface area contributed by atoms with Gasteiger partial charge in [0.15, 0.2) is 0 Å². The van der Waals surface area contributed by atoms with E-state index in [9.17, 15) is 14.9 Å². The van der Waals surface area contributed by atoms with Gasteiger partial charge in [-0.05, 0) is 18.1 Å². The number of nitrogens with zero attached hydrogens (tertiary/aromatic N) is 2. The molecule has 1 heterocycles. The van der Waals surface area contributed by atoms with Crippen molar-refractivity contribution in [1.82, 2.24) is 0 Å². The minimum absolute atomic E-state index is 0.00133. The van der Waals surface area contributed by atoms with Crippen molar-refractivity contribution in [2.24, 2.45) is 11.8 Å². The molecule has 0 spiro atoms. The van der Waals surface area contributed by atoms with E-state index in [4.69, 9.17) is 5.11 Å². The first kappa shape index (κ1) is 13.8. The zero-order chi connectivity index (χ0) is 14.2. The van der Waals surface area contributed by atoms with Crippen LogP contribution in [0.15, 0.2) is 22.7 Å². The average Bonchev–Trinajstić information content (AvgIpc) is 2.70. The summed E-state index contributed by atoms with van der Waals surface area (Å²) < 4.78 is 0.736. The number of halogens is 1. The van der Waals surface area contributed by atoms with Gasteiger partial charge >= 0.3 is 5.97 Å². The molecule has 2 rings (SSSR count). The molecule has 2 unspecified atom stereocenters. The Hall–Kier alpha value is -1.63. The third kappa shape index (κ3) is 2.70. The lowest BCUT2D eigenvalue weighted by molar-refractivity contribution is -0.384. The van der Waals surface area contributed by atoms with Crippen molar-refractivity contribution in [3.63, 3.8) is 0 Å². The Morgan fingerprint density at radius 1 is 1.53 bits per heavy atom. The maximum Gasteiger partial charge on any atom is 0.308 e. The molecule has 6 nitrogen and oxygen atoms in total. The number of rotatable bonds is 3. The number of nitro benzene ring substituents is 1. The van der Waals surface area contributed by atoms with E-state index in [1.54, 1.807) is 17.0 Å². The molecule has 0 saturated carbocycles. The molecule has 0 amide bonds. The van der Waals surface area contributed by atoms with Crippen LogP contribution < -0.4 is 4.90 Å². The summed E-state index contributed by atoms with van der Waals surface area (Å²) in [5.74, 6) is -1.37. The number of hydrogen-bond donors (Lipinski definition) is 1. The van der Waals surface area contributed by atoms with Crippen molar-refractivity contribution < 1.29 is 14.8 Å². The van der Waals surface area contributed by atoms with E-state index in [1.165, 1.54) is 6.07 Å². The number of anilines is 1. The Labute approximate surface area is 118 Å². The first-order chi connectivity index (χ1) is 8.90. The van der Waals surface area contributed by atoms with Gasteiger partial charge in [-0.2, -0.15) is 0 Å². The van der Waals surface area contributed by atoms with Crippen LogP contribution in [0.1, 0.15) is 6.92 Å². The summed E-state index contributed by atoms with van der Waals surface area (Å²) in [6.45, 7) is 2.66. The van der Waals surface area contributed by atoms with Crippen molar-refractivity contribution in [1.29, 1.82) is 0 Å². The molecule has 1 aromatic carbocycles. The third-order valence-electron chi connectivity index (χ3n) is 3.40. The second-order valence-electron chi connectivity index (χ2n) is 4.72. The van der Waals surface area contributed by atoms with Crippen LogP contribution in [-0.2, 0) is 4.79 Å². The molecular formula is C12H13BrN2O4. The molecule has 0 aromatic heterocycles. The number of nitro groups is 1. The minimum Gasteiger partial charge on any atom is -0.481 e. The van der Waals surface area contributed by atoms with Crippen molar-refractivity contribution in [2.45, 2.75) is 6.92 Å². The molecule has 0 aliphatic carbocycles. The van der Waals surface area contributed by atoms with E-state index in [0.29, 0.717) is 18.8 Å². The predicted octanol–water partition coefficient (Wildman–Crippen LogP) is 2.51. The molecule has 1 aromatic rings. The third-order valence-corrected chi connectivity index (χ3v) is 3.90. The van der Waals surface area contributed by atoms with Crippen molar-refractivity contribution >= 4 is 33.3 Å². The Balaban J connectivity index is 2.35. The van der Waals surface area contributed by atoms with E-state index in [1.807, 2.05) is 6.92 Å². The topological polar surface area (TPSA) is 83.7 Å². The van der Waals surface area contributed by atoms with E-state index in [2.05, 4.69) is 15.9 Å². The number of carboxylic acids is 1. The Kier molecular flexibility index (Phi) is 3.75. The molecule has 0 radical (unpaired) electrons. The lowest BCUT2D eigenvalue weighted by Gasteiger charge is -2.18. The summed E-state index contributed by atoms with van der Waals surface area (Å²) in [5.41, 5.74) is 0.469. The molecule has 0 bridgehead atoms. The molecule has 1 N–H and O–H groups in total. The minimum atomic E-state index is -0.854. The molecule has 1 aliphatic rings. The molecule has 1 aliphatic heterocycles. The molecular weight excluding hydrogens is 316 g/mol. The molecule has 1 fully saturated rings. The van der Waals surface area contributed by atoms with Crippen LogP contribution >= 0.6 is 15.9 Å². The zero-order valence-electron chi connectivity index (χ0n) is 10.2. The maximum atomic E-state index is 11.1. The zero-order valence-corrected chi connectivity index (χ0v) is 11.8. The van der Waals surface area contributed by atoms with Crippen LogP contribution in [0.2, 0.25) is 0 Å². The van der Waals surface area contributed by atoms with Crippen molar-refractivity contribution in [2.75, 3.05) is 18.0 Å². The summed E-state index contributed by atoms with van der Waals surface area (Å²) in [6, 6.07) is 4.70. The fourth-order valence-electron chi connectivity index (χ4n) is 2.39. The average molecular weight is 329 g/mol. The Morgan fingerprint density at radius 3 is 2.74 bits per heavy atom. The smallest absolute Gasteiger partial charge is 0.308 e. The van der Waals surface area contributed by atoms with Gasteiger partial charge in [0.05, 0.1) is 10.8 Å². The largest absolute Gasteiger partial charge is 0.481 e. The molecule has 7 heteroatoms. The highest BCUT2D eigenvalue weighted by molar-refractivity contribution is 9.10. The second kappa shape index (κ2) is 5.16. The van der Waals surface area contributed by atoms with Gasteiger partial charge < -0.3 is 10.0 Å². The van der Waals surface area contributed by atoms with E-state index in [-0.39, 0.29) is 11.6 Å². The lowest BCUT2D eigenvalue weighted by atomic mass is 9.99. The lowest BCUT2D eigenvalue weighted by Crippen LogP contribution is -2.23. The number of aliphatic carboxylic acids is 1. The SMILES string of the molecule is CC1CN(c2cc(Br)ccc2[N+](=O)[O-])CC1C(=O)O. The Bertz CT molecular complexity index is 534. The standard InChI is InChI=1S/C12H13BrN2O4/c1-7-5-14(6-9(7)12(16)17)11-4-8(13)2-3-10(11)15(18)19/h2-4,7,9H,5-6H2,1H3,(H,16,17). The fraction of sp³-hybridized carbons (Fsp3) is 0.417. The first-order valence-electron chi connectivity index (χ1n) is 5.82. The predicted molar refractivity (Wildman–Crippen MR) is 73.3 cm³/mol. The molecule has 2 atom stereocenters. The van der Waals surface area contributed by atoms with Crippen LogP contribution in [0.3, 0.4) is 0 Å². The number of carboxylic acid groups (broad SMARTS) is 1. The van der Waals surface area contributed by atoms with Gasteiger partial charge in [0.2, 0.25) is 0 Å². The number of carbonyl (C=O) groups is 1. The highest BCUT2D eigenvalue weighted by atomic mass is 79.9. The van der Waals surface area contributed by atoms with Gasteiger partial charge in [0.1, 0.15) is 5.69 Å². The van der Waals surface area contributed by atoms with Crippen LogP contribution in [0, 0.1) is 22.0 Å². The van der Waals surface area contributed by atoms with Gasteiger partial charge in [-0.3, -0.25) is 14.9 Å². The van der Waals surface area contributed by atoms with E-state index in [0.717, 1.165) is 4.47 Å². The van der Waals surface area contributed by atoms with Gasteiger partial charge in [-0.25, -0.2) is 0 Å². The van der Waals surface area contributed by atoms with Crippen LogP contribution in [0.5, 0.6) is 0 Å². The van der Waals surface area contributed by atoms with Crippen molar-refractivity contribution in [3.8, 4) is 0 Å². The summed E-state index contributed by atoms with van der Waals surface area (Å²) in [5, 5.41) is 20.1. The highest BCUT2D eigenvalue weighted by Crippen LogP contribution is 2.36. The maximum absolute atomic E-state index is 11.1. The number of benzene rings is 1. The first-order valence-corrected chi connectivity index (χ1v) is 6.61. The monoisotopic (exact) mass is 328 g/mol.